The molecule has 0 aliphatic carbocycles. The van der Waals surface area contributed by atoms with E-state index in [1.807, 2.05) is 25.1 Å². The van der Waals surface area contributed by atoms with Crippen LogP contribution in [-0.2, 0) is 6.54 Å². The average Bonchev–Trinajstić information content (AvgIpc) is 2.99. The minimum absolute atomic E-state index is 0.210. The number of nitrogens with zero attached hydrogens (tertiary/aromatic N) is 6. The summed E-state index contributed by atoms with van der Waals surface area (Å²) in [5, 5.41) is 12.7. The van der Waals surface area contributed by atoms with Crippen molar-refractivity contribution in [3.63, 3.8) is 0 Å². The third-order valence-corrected chi connectivity index (χ3v) is 5.13. The first-order chi connectivity index (χ1) is 12.1. The fourth-order valence-electron chi connectivity index (χ4n) is 3.09. The zero-order chi connectivity index (χ0) is 17.4. The zero-order valence-corrected chi connectivity index (χ0v) is 15.4. The van der Waals surface area contributed by atoms with Crippen LogP contribution in [0, 0.1) is 12.7 Å². The van der Waals surface area contributed by atoms with Crippen molar-refractivity contribution in [2.45, 2.75) is 13.5 Å². The molecule has 0 atom stereocenters. The molecule has 0 spiro atoms. The molecule has 3 aromatic rings. The Bertz CT molecular complexity index is 903. The number of rotatable bonds is 3. The van der Waals surface area contributed by atoms with Gasteiger partial charge in [-0.1, -0.05) is 6.07 Å². The molecule has 1 saturated heterocycles. The molecular weight excluding hydrogens is 387 g/mol. The van der Waals surface area contributed by atoms with Crippen molar-refractivity contribution in [1.82, 2.24) is 24.7 Å². The molecule has 1 aliphatic heterocycles. The fourth-order valence-corrected chi connectivity index (χ4v) is 3.33. The van der Waals surface area contributed by atoms with Gasteiger partial charge in [-0.05, 0) is 52.7 Å². The summed E-state index contributed by atoms with van der Waals surface area (Å²) in [5.74, 6) is 1.51. The molecule has 3 heterocycles. The average molecular weight is 405 g/mol. The maximum absolute atomic E-state index is 13.7. The summed E-state index contributed by atoms with van der Waals surface area (Å²) in [4.78, 5) is 4.60. The van der Waals surface area contributed by atoms with Gasteiger partial charge in [-0.25, -0.2) is 4.39 Å². The van der Waals surface area contributed by atoms with Gasteiger partial charge in [0.1, 0.15) is 11.6 Å². The molecule has 0 N–H and O–H groups in total. The summed E-state index contributed by atoms with van der Waals surface area (Å²) < 4.78 is 15.9. The number of hydrogen-bond donors (Lipinski definition) is 0. The van der Waals surface area contributed by atoms with Gasteiger partial charge in [-0.3, -0.25) is 4.90 Å². The van der Waals surface area contributed by atoms with Crippen LogP contribution in [0.3, 0.4) is 0 Å². The van der Waals surface area contributed by atoms with E-state index < -0.39 is 0 Å². The van der Waals surface area contributed by atoms with Gasteiger partial charge in [0, 0.05) is 32.7 Å². The lowest BCUT2D eigenvalue weighted by Gasteiger charge is -2.35. The monoisotopic (exact) mass is 404 g/mol. The van der Waals surface area contributed by atoms with Crippen LogP contribution < -0.4 is 4.90 Å². The van der Waals surface area contributed by atoms with Gasteiger partial charge in [0.2, 0.25) is 0 Å². The Morgan fingerprint density at radius 1 is 1.08 bits per heavy atom. The second-order valence-corrected chi connectivity index (χ2v) is 7.07. The van der Waals surface area contributed by atoms with Gasteiger partial charge in [-0.15, -0.1) is 15.3 Å². The summed E-state index contributed by atoms with van der Waals surface area (Å²) in [6.45, 7) is 6.26. The van der Waals surface area contributed by atoms with E-state index in [2.05, 4.69) is 41.0 Å². The Balaban J connectivity index is 1.41. The first-order valence-corrected chi connectivity index (χ1v) is 9.00. The zero-order valence-electron chi connectivity index (χ0n) is 13.9. The Labute approximate surface area is 153 Å². The van der Waals surface area contributed by atoms with Crippen LogP contribution in [-0.4, -0.2) is 50.9 Å². The van der Waals surface area contributed by atoms with Crippen molar-refractivity contribution < 1.29 is 4.39 Å². The third kappa shape index (κ3) is 3.36. The van der Waals surface area contributed by atoms with Crippen LogP contribution in [0.4, 0.5) is 10.2 Å². The van der Waals surface area contributed by atoms with Crippen LogP contribution in [0.1, 0.15) is 11.4 Å². The Hall–Kier alpha value is -2.06. The number of benzene rings is 1. The SMILES string of the molecule is Cc1nnc2ccc(N3CCN(Cc4ccc(Br)c(F)c4)CC3)nn12. The van der Waals surface area contributed by atoms with Crippen molar-refractivity contribution in [1.29, 1.82) is 0 Å². The van der Waals surface area contributed by atoms with Gasteiger partial charge in [0.25, 0.3) is 0 Å². The minimum atomic E-state index is -0.210. The molecule has 130 valence electrons. The quantitative estimate of drug-likeness (QED) is 0.671. The second-order valence-electron chi connectivity index (χ2n) is 6.22. The molecule has 0 bridgehead atoms. The van der Waals surface area contributed by atoms with Crippen LogP contribution in [0.5, 0.6) is 0 Å². The highest BCUT2D eigenvalue weighted by atomic mass is 79.9. The molecule has 6 nitrogen and oxygen atoms in total. The van der Waals surface area contributed by atoms with E-state index in [1.165, 1.54) is 0 Å². The molecule has 1 fully saturated rings. The van der Waals surface area contributed by atoms with E-state index in [0.717, 1.165) is 55.6 Å². The van der Waals surface area contributed by atoms with Gasteiger partial charge in [0.15, 0.2) is 11.5 Å². The lowest BCUT2D eigenvalue weighted by Crippen LogP contribution is -2.46. The van der Waals surface area contributed by atoms with Gasteiger partial charge in [0.05, 0.1) is 4.47 Å². The van der Waals surface area contributed by atoms with E-state index in [-0.39, 0.29) is 5.82 Å². The highest BCUT2D eigenvalue weighted by Crippen LogP contribution is 2.19. The Morgan fingerprint density at radius 3 is 2.64 bits per heavy atom. The van der Waals surface area contributed by atoms with Crippen molar-refractivity contribution in [2.24, 2.45) is 0 Å². The highest BCUT2D eigenvalue weighted by molar-refractivity contribution is 9.10. The predicted molar refractivity (Wildman–Crippen MR) is 97.1 cm³/mol. The minimum Gasteiger partial charge on any atom is -0.353 e. The summed E-state index contributed by atoms with van der Waals surface area (Å²) >= 11 is 3.19. The normalized spacial score (nSPS) is 15.9. The molecule has 4 rings (SSSR count). The highest BCUT2D eigenvalue weighted by Gasteiger charge is 2.19. The molecule has 25 heavy (non-hydrogen) atoms. The van der Waals surface area contributed by atoms with Crippen LogP contribution in [0.15, 0.2) is 34.8 Å². The molecule has 8 heteroatoms. The number of hydrogen-bond acceptors (Lipinski definition) is 5. The van der Waals surface area contributed by atoms with Crippen molar-refractivity contribution in [3.8, 4) is 0 Å². The van der Waals surface area contributed by atoms with Crippen molar-refractivity contribution in [3.05, 3.63) is 52.0 Å². The number of fused-ring (bicyclic) bond motifs is 1. The standard InChI is InChI=1S/C17H18BrFN6/c1-12-20-21-16-4-5-17(22-25(12)16)24-8-6-23(7-9-24)11-13-2-3-14(18)15(19)10-13/h2-5,10H,6-9,11H2,1H3. The third-order valence-electron chi connectivity index (χ3n) is 4.49. The molecule has 1 aromatic carbocycles. The van der Waals surface area contributed by atoms with Gasteiger partial charge in [-0.2, -0.15) is 4.52 Å². The number of piperazine rings is 1. The van der Waals surface area contributed by atoms with E-state index >= 15 is 0 Å². The van der Waals surface area contributed by atoms with E-state index in [4.69, 9.17) is 0 Å². The molecule has 0 amide bonds. The Morgan fingerprint density at radius 2 is 1.88 bits per heavy atom. The van der Waals surface area contributed by atoms with Gasteiger partial charge >= 0.3 is 0 Å². The fraction of sp³-hybridized carbons (Fsp3) is 0.353. The largest absolute Gasteiger partial charge is 0.353 e. The first-order valence-electron chi connectivity index (χ1n) is 8.20. The van der Waals surface area contributed by atoms with E-state index in [1.54, 1.807) is 16.6 Å². The van der Waals surface area contributed by atoms with Crippen molar-refractivity contribution in [2.75, 3.05) is 31.1 Å². The van der Waals surface area contributed by atoms with E-state index in [0.29, 0.717) is 4.47 Å². The van der Waals surface area contributed by atoms with Crippen LogP contribution >= 0.6 is 15.9 Å². The van der Waals surface area contributed by atoms with E-state index in [9.17, 15) is 4.39 Å². The summed E-state index contributed by atoms with van der Waals surface area (Å²) in [7, 11) is 0. The van der Waals surface area contributed by atoms with Crippen LogP contribution in [0.25, 0.3) is 5.65 Å². The second kappa shape index (κ2) is 6.68. The number of anilines is 1. The lowest BCUT2D eigenvalue weighted by molar-refractivity contribution is 0.249. The maximum atomic E-state index is 13.7. The lowest BCUT2D eigenvalue weighted by atomic mass is 10.2. The smallest absolute Gasteiger partial charge is 0.178 e. The van der Waals surface area contributed by atoms with Crippen molar-refractivity contribution >= 4 is 27.4 Å². The molecule has 2 aromatic heterocycles. The Kier molecular flexibility index (Phi) is 4.39. The maximum Gasteiger partial charge on any atom is 0.178 e. The number of aromatic nitrogens is 4. The number of aryl methyl sites for hydroxylation is 1. The number of halogens is 2. The molecule has 0 saturated carbocycles. The summed E-state index contributed by atoms with van der Waals surface area (Å²) in [5.41, 5.74) is 1.76. The molecule has 0 radical (unpaired) electrons. The summed E-state index contributed by atoms with van der Waals surface area (Å²) in [6.07, 6.45) is 0. The van der Waals surface area contributed by atoms with Gasteiger partial charge < -0.3 is 4.90 Å². The summed E-state index contributed by atoms with van der Waals surface area (Å²) in [6, 6.07) is 9.26. The topological polar surface area (TPSA) is 49.6 Å². The molecular formula is C17H18BrFN6. The predicted octanol–water partition coefficient (Wildman–Crippen LogP) is 2.66. The molecule has 1 aliphatic rings. The van der Waals surface area contributed by atoms with Crippen LogP contribution in [0.2, 0.25) is 0 Å². The molecule has 0 unspecified atom stereocenters. The first kappa shape index (κ1) is 16.4.